The summed E-state index contributed by atoms with van der Waals surface area (Å²) in [5, 5.41) is 1.08. The van der Waals surface area contributed by atoms with Crippen LogP contribution in [0.5, 0.6) is 5.75 Å². The van der Waals surface area contributed by atoms with Gasteiger partial charge in [-0.1, -0.05) is 47.5 Å². The van der Waals surface area contributed by atoms with Crippen molar-refractivity contribution in [3.8, 4) is 5.75 Å². The largest absolute Gasteiger partial charge is 0.487 e. The lowest BCUT2D eigenvalue weighted by molar-refractivity contribution is 0.306. The molecule has 0 saturated heterocycles. The summed E-state index contributed by atoms with van der Waals surface area (Å²) in [4.78, 5) is 0. The molecule has 0 unspecified atom stereocenters. The van der Waals surface area contributed by atoms with Gasteiger partial charge in [-0.3, -0.25) is 0 Å². The summed E-state index contributed by atoms with van der Waals surface area (Å²) in [7, 11) is 0. The molecule has 0 bridgehead atoms. The van der Waals surface area contributed by atoms with Gasteiger partial charge in [0.25, 0.3) is 0 Å². The van der Waals surface area contributed by atoms with E-state index >= 15 is 0 Å². The van der Waals surface area contributed by atoms with Gasteiger partial charge in [0.1, 0.15) is 12.4 Å². The van der Waals surface area contributed by atoms with E-state index in [1.807, 2.05) is 24.3 Å². The number of rotatable bonds is 4. The Hall–Kier alpha value is -0.740. The third-order valence-electron chi connectivity index (χ3n) is 2.60. The highest BCUT2D eigenvalue weighted by Gasteiger charge is 2.07. The van der Waals surface area contributed by atoms with Gasteiger partial charge in [-0.15, -0.1) is 0 Å². The maximum atomic E-state index is 6.09. The molecule has 0 atom stereocenters. The quantitative estimate of drug-likeness (QED) is 0.795. The van der Waals surface area contributed by atoms with Gasteiger partial charge in [-0.25, -0.2) is 0 Å². The van der Waals surface area contributed by atoms with Crippen LogP contribution >= 0.6 is 39.1 Å². The monoisotopic (exact) mass is 359 g/mol. The van der Waals surface area contributed by atoms with Crippen LogP contribution in [0.3, 0.4) is 0 Å². The zero-order valence-electron chi connectivity index (χ0n) is 10.00. The van der Waals surface area contributed by atoms with E-state index in [-0.39, 0.29) is 0 Å². The predicted octanol–water partition coefficient (Wildman–Crippen LogP) is 4.79. The third kappa shape index (κ3) is 3.86. The fourth-order valence-electron chi connectivity index (χ4n) is 1.62. The van der Waals surface area contributed by atoms with E-state index in [1.165, 1.54) is 0 Å². The van der Waals surface area contributed by atoms with E-state index in [2.05, 4.69) is 15.9 Å². The average Bonchev–Trinajstić information content (AvgIpc) is 2.41. The van der Waals surface area contributed by atoms with E-state index in [0.29, 0.717) is 28.9 Å². The van der Waals surface area contributed by atoms with Gasteiger partial charge in [0.15, 0.2) is 0 Å². The minimum Gasteiger partial charge on any atom is -0.487 e. The van der Waals surface area contributed by atoms with Gasteiger partial charge in [0.2, 0.25) is 0 Å². The Kier molecular flexibility index (Phi) is 5.11. The number of halogens is 3. The van der Waals surface area contributed by atoms with Crippen LogP contribution in [0.2, 0.25) is 10.0 Å². The highest BCUT2D eigenvalue weighted by molar-refractivity contribution is 9.10. The minimum atomic E-state index is 0.422. The van der Waals surface area contributed by atoms with Crippen molar-refractivity contribution in [3.63, 3.8) is 0 Å². The number of nitrogens with two attached hydrogens (primary N) is 1. The first-order chi connectivity index (χ1) is 9.10. The molecule has 0 aliphatic heterocycles. The summed E-state index contributed by atoms with van der Waals surface area (Å²) in [5.41, 5.74) is 7.71. The standard InChI is InChI=1S/C14H12BrCl2NO/c15-11-5-13(17)14(6-12(11)16)19-8-10-3-1-2-9(4-10)7-18/h1-6H,7-8,18H2. The summed E-state index contributed by atoms with van der Waals surface area (Å²) in [6.07, 6.45) is 0. The molecule has 19 heavy (non-hydrogen) atoms. The molecule has 0 aromatic heterocycles. The molecule has 2 nitrogen and oxygen atoms in total. The highest BCUT2D eigenvalue weighted by atomic mass is 79.9. The van der Waals surface area contributed by atoms with Gasteiger partial charge in [-0.05, 0) is 33.1 Å². The predicted molar refractivity (Wildman–Crippen MR) is 82.8 cm³/mol. The van der Waals surface area contributed by atoms with Crippen LogP contribution in [0.25, 0.3) is 0 Å². The number of hydrogen-bond donors (Lipinski definition) is 1. The second kappa shape index (κ2) is 6.62. The van der Waals surface area contributed by atoms with Crippen molar-refractivity contribution in [1.29, 1.82) is 0 Å². The summed E-state index contributed by atoms with van der Waals surface area (Å²) in [5.74, 6) is 0.563. The Morgan fingerprint density at radius 2 is 1.79 bits per heavy atom. The Labute approximate surface area is 130 Å². The second-order valence-corrected chi connectivity index (χ2v) is 5.68. The van der Waals surface area contributed by atoms with Gasteiger partial charge in [-0.2, -0.15) is 0 Å². The Morgan fingerprint density at radius 1 is 1.05 bits per heavy atom. The molecule has 0 heterocycles. The summed E-state index contributed by atoms with van der Waals surface area (Å²) in [6.45, 7) is 0.935. The normalized spacial score (nSPS) is 10.5. The molecular weight excluding hydrogens is 349 g/mol. The molecule has 0 radical (unpaired) electrons. The fraction of sp³-hybridized carbons (Fsp3) is 0.143. The van der Waals surface area contributed by atoms with Gasteiger partial charge in [0, 0.05) is 17.1 Å². The lowest BCUT2D eigenvalue weighted by Gasteiger charge is -2.10. The van der Waals surface area contributed by atoms with Crippen molar-refractivity contribution < 1.29 is 4.74 Å². The summed E-state index contributed by atoms with van der Waals surface area (Å²) >= 11 is 15.4. The average molecular weight is 361 g/mol. The zero-order valence-corrected chi connectivity index (χ0v) is 13.1. The molecule has 0 aliphatic carbocycles. The molecule has 2 aromatic rings. The molecule has 0 amide bonds. The maximum Gasteiger partial charge on any atom is 0.139 e. The molecule has 0 saturated carbocycles. The van der Waals surface area contributed by atoms with Crippen LogP contribution in [0.15, 0.2) is 40.9 Å². The lowest BCUT2D eigenvalue weighted by Crippen LogP contribution is -2.00. The zero-order chi connectivity index (χ0) is 13.8. The fourth-order valence-corrected chi connectivity index (χ4v) is 2.47. The smallest absolute Gasteiger partial charge is 0.139 e. The SMILES string of the molecule is NCc1cccc(COc2cc(Cl)c(Br)cc2Cl)c1. The third-order valence-corrected chi connectivity index (χ3v) is 4.09. The van der Waals surface area contributed by atoms with Crippen molar-refractivity contribution in [1.82, 2.24) is 0 Å². The molecule has 0 aliphatic rings. The highest BCUT2D eigenvalue weighted by Crippen LogP contribution is 2.34. The molecule has 100 valence electrons. The van der Waals surface area contributed by atoms with Crippen molar-refractivity contribution in [2.45, 2.75) is 13.2 Å². The number of hydrogen-bond acceptors (Lipinski definition) is 2. The van der Waals surface area contributed by atoms with Crippen LogP contribution < -0.4 is 10.5 Å². The summed E-state index contributed by atoms with van der Waals surface area (Å²) < 4.78 is 6.43. The van der Waals surface area contributed by atoms with Gasteiger partial charge < -0.3 is 10.5 Å². The van der Waals surface area contributed by atoms with Crippen LogP contribution in [-0.4, -0.2) is 0 Å². The van der Waals surface area contributed by atoms with Crippen molar-refractivity contribution in [3.05, 3.63) is 62.0 Å². The molecule has 2 rings (SSSR count). The van der Waals surface area contributed by atoms with Crippen LogP contribution in [0.1, 0.15) is 11.1 Å². The number of ether oxygens (including phenoxy) is 1. The molecule has 0 fully saturated rings. The topological polar surface area (TPSA) is 35.2 Å². The molecule has 2 N–H and O–H groups in total. The van der Waals surface area contributed by atoms with E-state index < -0.39 is 0 Å². The Bertz CT molecular complexity index is 590. The van der Waals surface area contributed by atoms with E-state index in [4.69, 9.17) is 33.7 Å². The van der Waals surface area contributed by atoms with Crippen molar-refractivity contribution in [2.24, 2.45) is 5.73 Å². The lowest BCUT2D eigenvalue weighted by atomic mass is 10.1. The van der Waals surface area contributed by atoms with E-state index in [9.17, 15) is 0 Å². The molecule has 2 aromatic carbocycles. The van der Waals surface area contributed by atoms with Crippen molar-refractivity contribution in [2.75, 3.05) is 0 Å². The van der Waals surface area contributed by atoms with Gasteiger partial charge >= 0.3 is 0 Å². The van der Waals surface area contributed by atoms with E-state index in [0.717, 1.165) is 15.6 Å². The van der Waals surface area contributed by atoms with Crippen molar-refractivity contribution >= 4 is 39.1 Å². The van der Waals surface area contributed by atoms with Crippen LogP contribution in [0.4, 0.5) is 0 Å². The Morgan fingerprint density at radius 3 is 2.53 bits per heavy atom. The summed E-state index contributed by atoms with van der Waals surface area (Å²) in [6, 6.07) is 11.3. The number of benzene rings is 2. The minimum absolute atomic E-state index is 0.422. The second-order valence-electron chi connectivity index (χ2n) is 4.01. The Balaban J connectivity index is 2.12. The first kappa shape index (κ1) is 14.7. The van der Waals surface area contributed by atoms with Crippen LogP contribution in [0, 0.1) is 0 Å². The van der Waals surface area contributed by atoms with Crippen LogP contribution in [-0.2, 0) is 13.2 Å². The molecule has 5 heteroatoms. The first-order valence-corrected chi connectivity index (χ1v) is 7.20. The maximum absolute atomic E-state index is 6.09. The molecular formula is C14H12BrCl2NO. The van der Waals surface area contributed by atoms with E-state index in [1.54, 1.807) is 12.1 Å². The molecule has 0 spiro atoms. The first-order valence-electron chi connectivity index (χ1n) is 5.65. The van der Waals surface area contributed by atoms with Gasteiger partial charge in [0.05, 0.1) is 10.0 Å².